The fourth-order valence-electron chi connectivity index (χ4n) is 2.69. The molecular weight excluding hydrogens is 192 g/mol. The third-order valence-corrected chi connectivity index (χ3v) is 4.91. The third-order valence-electron chi connectivity index (χ3n) is 4.91. The second kappa shape index (κ2) is 5.89. The molecule has 0 radical (unpaired) electrons. The van der Waals surface area contributed by atoms with E-state index < -0.39 is 0 Å². The van der Waals surface area contributed by atoms with Gasteiger partial charge in [-0.25, -0.2) is 0 Å². The van der Waals surface area contributed by atoms with Crippen LogP contribution in [0.4, 0.5) is 0 Å². The summed E-state index contributed by atoms with van der Waals surface area (Å²) in [4.78, 5) is 0. The Morgan fingerprint density at radius 2 is 1.25 bits per heavy atom. The lowest BCUT2D eigenvalue weighted by Crippen LogP contribution is -2.08. The molecule has 0 aromatic rings. The SMILES string of the molecule is CCC1(C)CC=CC1.CCC1(C)CCCC1. The molecule has 1 saturated carbocycles. The van der Waals surface area contributed by atoms with Gasteiger partial charge in [0, 0.05) is 0 Å². The fraction of sp³-hybridized carbons (Fsp3) is 0.875. The van der Waals surface area contributed by atoms with Crippen molar-refractivity contribution in [2.24, 2.45) is 10.8 Å². The van der Waals surface area contributed by atoms with Crippen LogP contribution in [0.3, 0.4) is 0 Å². The highest BCUT2D eigenvalue weighted by Gasteiger charge is 2.25. The maximum Gasteiger partial charge on any atom is -0.0259 e. The maximum absolute atomic E-state index is 2.42. The van der Waals surface area contributed by atoms with E-state index >= 15 is 0 Å². The van der Waals surface area contributed by atoms with Crippen LogP contribution in [0.15, 0.2) is 12.2 Å². The van der Waals surface area contributed by atoms with Gasteiger partial charge in [-0.2, -0.15) is 0 Å². The van der Waals surface area contributed by atoms with Gasteiger partial charge in [-0.3, -0.25) is 0 Å². The molecule has 2 rings (SSSR count). The molecule has 0 amide bonds. The van der Waals surface area contributed by atoms with Gasteiger partial charge in [0.15, 0.2) is 0 Å². The Labute approximate surface area is 103 Å². The highest BCUT2D eigenvalue weighted by atomic mass is 14.3. The van der Waals surface area contributed by atoms with Crippen molar-refractivity contribution in [3.63, 3.8) is 0 Å². The molecule has 16 heavy (non-hydrogen) atoms. The number of hydrogen-bond donors (Lipinski definition) is 0. The lowest BCUT2D eigenvalue weighted by atomic mass is 9.85. The van der Waals surface area contributed by atoms with Gasteiger partial charge in [0.1, 0.15) is 0 Å². The summed E-state index contributed by atoms with van der Waals surface area (Å²) in [6.07, 6.45) is 15.8. The molecule has 0 aromatic heterocycles. The van der Waals surface area contributed by atoms with Gasteiger partial charge in [-0.05, 0) is 36.5 Å². The molecule has 0 heteroatoms. The number of hydrogen-bond acceptors (Lipinski definition) is 0. The van der Waals surface area contributed by atoms with E-state index in [0.29, 0.717) is 5.41 Å². The Bertz CT molecular complexity index is 206. The van der Waals surface area contributed by atoms with Crippen molar-refractivity contribution in [1.29, 1.82) is 0 Å². The van der Waals surface area contributed by atoms with Gasteiger partial charge in [-0.15, -0.1) is 0 Å². The molecule has 0 aliphatic heterocycles. The summed E-state index contributed by atoms with van der Waals surface area (Å²) < 4.78 is 0. The van der Waals surface area contributed by atoms with Crippen molar-refractivity contribution < 1.29 is 0 Å². The second-order valence-electron chi connectivity index (χ2n) is 6.42. The van der Waals surface area contributed by atoms with Gasteiger partial charge in [-0.1, -0.05) is 65.5 Å². The van der Waals surface area contributed by atoms with Crippen molar-refractivity contribution in [3.05, 3.63) is 12.2 Å². The van der Waals surface area contributed by atoms with Crippen molar-refractivity contribution in [3.8, 4) is 0 Å². The van der Waals surface area contributed by atoms with E-state index in [4.69, 9.17) is 0 Å². The van der Waals surface area contributed by atoms with Gasteiger partial charge in [0.05, 0.1) is 0 Å². The van der Waals surface area contributed by atoms with Gasteiger partial charge < -0.3 is 0 Å². The van der Waals surface area contributed by atoms with E-state index in [1.165, 1.54) is 51.4 Å². The van der Waals surface area contributed by atoms with Crippen LogP contribution < -0.4 is 0 Å². The zero-order valence-corrected chi connectivity index (χ0v) is 11.8. The molecule has 0 atom stereocenters. The first-order valence-electron chi connectivity index (χ1n) is 7.19. The standard InChI is InChI=1S/C8H16.C8H14/c2*1-3-8(2)6-4-5-7-8/h3-7H2,1-2H3;4-5H,3,6-7H2,1-2H3. The second-order valence-corrected chi connectivity index (χ2v) is 6.42. The van der Waals surface area contributed by atoms with Crippen LogP contribution >= 0.6 is 0 Å². The predicted molar refractivity (Wildman–Crippen MR) is 73.6 cm³/mol. The molecule has 0 N–H and O–H groups in total. The smallest absolute Gasteiger partial charge is 0.0259 e. The van der Waals surface area contributed by atoms with E-state index in [-0.39, 0.29) is 0 Å². The van der Waals surface area contributed by atoms with Gasteiger partial charge in [0.25, 0.3) is 0 Å². The van der Waals surface area contributed by atoms with E-state index in [9.17, 15) is 0 Å². The Kier molecular flexibility index (Phi) is 5.08. The van der Waals surface area contributed by atoms with Crippen molar-refractivity contribution in [2.75, 3.05) is 0 Å². The summed E-state index contributed by atoms with van der Waals surface area (Å²) >= 11 is 0. The molecule has 2 aliphatic carbocycles. The molecule has 0 bridgehead atoms. The zero-order chi connectivity index (χ0) is 12.1. The molecule has 0 nitrogen and oxygen atoms in total. The van der Waals surface area contributed by atoms with E-state index in [1.54, 1.807) is 0 Å². The summed E-state index contributed by atoms with van der Waals surface area (Å²) in [6.45, 7) is 9.35. The van der Waals surface area contributed by atoms with Crippen molar-refractivity contribution in [2.45, 2.75) is 79.1 Å². The van der Waals surface area contributed by atoms with Crippen LogP contribution in [-0.4, -0.2) is 0 Å². The molecule has 0 aromatic carbocycles. The Hall–Kier alpha value is -0.260. The van der Waals surface area contributed by atoms with Crippen LogP contribution in [0.5, 0.6) is 0 Å². The minimum atomic E-state index is 0.625. The highest BCUT2D eigenvalue weighted by molar-refractivity contribution is 5.00. The quantitative estimate of drug-likeness (QED) is 0.523. The van der Waals surface area contributed by atoms with Crippen LogP contribution in [0, 0.1) is 10.8 Å². The van der Waals surface area contributed by atoms with Crippen molar-refractivity contribution >= 4 is 0 Å². The van der Waals surface area contributed by atoms with Crippen LogP contribution in [0.2, 0.25) is 0 Å². The third kappa shape index (κ3) is 3.96. The summed E-state index contributed by atoms with van der Waals surface area (Å²) in [5.41, 5.74) is 1.36. The molecule has 0 saturated heterocycles. The lowest BCUT2D eigenvalue weighted by Gasteiger charge is -2.19. The minimum absolute atomic E-state index is 0.625. The summed E-state index contributed by atoms with van der Waals surface area (Å²) in [6, 6.07) is 0. The highest BCUT2D eigenvalue weighted by Crippen LogP contribution is 2.39. The van der Waals surface area contributed by atoms with E-state index in [1.807, 2.05) is 0 Å². The predicted octanol–water partition coefficient (Wildman–Crippen LogP) is 5.73. The maximum atomic E-state index is 2.42. The van der Waals surface area contributed by atoms with Crippen LogP contribution in [0.1, 0.15) is 79.1 Å². The first-order valence-corrected chi connectivity index (χ1v) is 7.19. The first-order chi connectivity index (χ1) is 7.54. The number of allylic oxidation sites excluding steroid dienone is 2. The largest absolute Gasteiger partial charge is 0.0880 e. The molecule has 2 aliphatic rings. The molecule has 0 heterocycles. The minimum Gasteiger partial charge on any atom is -0.0880 e. The normalized spacial score (nSPS) is 25.2. The first kappa shape index (κ1) is 13.8. The fourth-order valence-corrected chi connectivity index (χ4v) is 2.69. The molecule has 94 valence electrons. The Balaban J connectivity index is 0.000000160. The lowest BCUT2D eigenvalue weighted by molar-refractivity contribution is 0.323. The average Bonchev–Trinajstić information content (AvgIpc) is 2.90. The molecule has 1 fully saturated rings. The summed E-state index contributed by atoms with van der Waals surface area (Å²) in [5, 5.41) is 0. The van der Waals surface area contributed by atoms with E-state index in [2.05, 4.69) is 39.8 Å². The molecular formula is C16H30. The van der Waals surface area contributed by atoms with Crippen LogP contribution in [-0.2, 0) is 0 Å². The van der Waals surface area contributed by atoms with Gasteiger partial charge in [0.2, 0.25) is 0 Å². The molecule has 0 unspecified atom stereocenters. The molecule has 0 spiro atoms. The average molecular weight is 222 g/mol. The Morgan fingerprint density at radius 3 is 1.50 bits per heavy atom. The van der Waals surface area contributed by atoms with Crippen molar-refractivity contribution in [1.82, 2.24) is 0 Å². The number of rotatable bonds is 2. The van der Waals surface area contributed by atoms with Crippen LogP contribution in [0.25, 0.3) is 0 Å². The van der Waals surface area contributed by atoms with E-state index in [0.717, 1.165) is 5.41 Å². The summed E-state index contributed by atoms with van der Waals surface area (Å²) in [5.74, 6) is 0. The zero-order valence-electron chi connectivity index (χ0n) is 11.8. The monoisotopic (exact) mass is 222 g/mol. The van der Waals surface area contributed by atoms with Gasteiger partial charge >= 0.3 is 0 Å². The topological polar surface area (TPSA) is 0 Å². The summed E-state index contributed by atoms with van der Waals surface area (Å²) in [7, 11) is 0. The Morgan fingerprint density at radius 1 is 0.812 bits per heavy atom.